The van der Waals surface area contributed by atoms with Gasteiger partial charge in [0.05, 0.1) is 0 Å². The number of hydrogen-bond acceptors (Lipinski definition) is 3. The van der Waals surface area contributed by atoms with Crippen molar-refractivity contribution in [1.82, 2.24) is 5.32 Å². The molecular formula is C23H23N3O3. The van der Waals surface area contributed by atoms with Crippen molar-refractivity contribution in [2.75, 3.05) is 5.32 Å². The van der Waals surface area contributed by atoms with Crippen molar-refractivity contribution in [3.05, 3.63) is 77.9 Å². The standard InChI is InChI=1S/C23H23N3O3/c24-20-13-19(20)15-8-10-17(11-9-15)25-22(27)21(26-23(28)29)12-16-6-3-5-14-4-1-2-7-18(14)16/h1-11,19-21,26H,12-13,24H2,(H,25,27)(H,28,29). The highest BCUT2D eigenvalue weighted by atomic mass is 16.4. The number of anilines is 1. The predicted octanol–water partition coefficient (Wildman–Crippen LogP) is 3.47. The summed E-state index contributed by atoms with van der Waals surface area (Å²) in [7, 11) is 0. The summed E-state index contributed by atoms with van der Waals surface area (Å²) in [5.41, 5.74) is 8.58. The third-order valence-electron chi connectivity index (χ3n) is 5.36. The molecule has 3 aromatic rings. The van der Waals surface area contributed by atoms with Gasteiger partial charge in [0.15, 0.2) is 0 Å². The number of carbonyl (C=O) groups is 2. The minimum absolute atomic E-state index is 0.222. The van der Waals surface area contributed by atoms with Crippen LogP contribution in [-0.2, 0) is 11.2 Å². The van der Waals surface area contributed by atoms with Gasteiger partial charge in [0.2, 0.25) is 5.91 Å². The Bertz CT molecular complexity index is 1040. The maximum absolute atomic E-state index is 12.8. The highest BCUT2D eigenvalue weighted by molar-refractivity contribution is 5.97. The van der Waals surface area contributed by atoms with Crippen molar-refractivity contribution in [3.8, 4) is 0 Å². The highest BCUT2D eigenvalue weighted by Crippen LogP contribution is 2.39. The number of hydrogen-bond donors (Lipinski definition) is 4. The molecule has 0 bridgehead atoms. The van der Waals surface area contributed by atoms with E-state index in [1.165, 1.54) is 0 Å². The largest absolute Gasteiger partial charge is 0.465 e. The molecule has 0 aliphatic heterocycles. The lowest BCUT2D eigenvalue weighted by Crippen LogP contribution is -2.44. The molecule has 3 atom stereocenters. The molecule has 0 spiro atoms. The van der Waals surface area contributed by atoms with E-state index in [4.69, 9.17) is 5.73 Å². The molecule has 0 aromatic heterocycles. The van der Waals surface area contributed by atoms with E-state index >= 15 is 0 Å². The molecule has 0 saturated heterocycles. The lowest BCUT2D eigenvalue weighted by atomic mass is 9.98. The van der Waals surface area contributed by atoms with Gasteiger partial charge in [-0.25, -0.2) is 4.79 Å². The summed E-state index contributed by atoms with van der Waals surface area (Å²) in [6.45, 7) is 0. The van der Waals surface area contributed by atoms with Crippen LogP contribution in [0.15, 0.2) is 66.7 Å². The average molecular weight is 389 g/mol. The maximum Gasteiger partial charge on any atom is 0.405 e. The van der Waals surface area contributed by atoms with Gasteiger partial charge in [0, 0.05) is 24.1 Å². The van der Waals surface area contributed by atoms with Gasteiger partial charge in [-0.2, -0.15) is 0 Å². The van der Waals surface area contributed by atoms with E-state index in [0.29, 0.717) is 11.6 Å². The van der Waals surface area contributed by atoms with E-state index in [-0.39, 0.29) is 12.5 Å². The molecule has 1 aliphatic rings. The van der Waals surface area contributed by atoms with E-state index in [0.717, 1.165) is 28.3 Å². The second-order valence-corrected chi connectivity index (χ2v) is 7.46. The first-order valence-electron chi connectivity index (χ1n) is 9.64. The van der Waals surface area contributed by atoms with Gasteiger partial charge in [-0.15, -0.1) is 0 Å². The van der Waals surface area contributed by atoms with Gasteiger partial charge in [-0.1, -0.05) is 54.6 Å². The van der Waals surface area contributed by atoms with Crippen LogP contribution < -0.4 is 16.4 Å². The predicted molar refractivity (Wildman–Crippen MR) is 113 cm³/mol. The first-order chi connectivity index (χ1) is 14.0. The molecule has 1 aliphatic carbocycles. The van der Waals surface area contributed by atoms with Gasteiger partial charge < -0.3 is 21.5 Å². The van der Waals surface area contributed by atoms with Crippen molar-refractivity contribution >= 4 is 28.5 Å². The Morgan fingerprint density at radius 2 is 1.72 bits per heavy atom. The number of carbonyl (C=O) groups excluding carboxylic acids is 1. The fraction of sp³-hybridized carbons (Fsp3) is 0.217. The fourth-order valence-electron chi connectivity index (χ4n) is 3.69. The first-order valence-corrected chi connectivity index (χ1v) is 9.64. The lowest BCUT2D eigenvalue weighted by Gasteiger charge is -2.18. The van der Waals surface area contributed by atoms with Crippen LogP contribution in [0, 0.1) is 0 Å². The quantitative estimate of drug-likeness (QED) is 0.518. The van der Waals surface area contributed by atoms with Crippen LogP contribution in [0.2, 0.25) is 0 Å². The van der Waals surface area contributed by atoms with Crippen LogP contribution >= 0.6 is 0 Å². The third kappa shape index (κ3) is 4.38. The zero-order valence-electron chi connectivity index (χ0n) is 15.8. The number of nitrogens with two attached hydrogens (primary N) is 1. The smallest absolute Gasteiger partial charge is 0.405 e. The molecule has 29 heavy (non-hydrogen) atoms. The number of carboxylic acid groups (broad SMARTS) is 1. The Balaban J connectivity index is 1.51. The second-order valence-electron chi connectivity index (χ2n) is 7.46. The Morgan fingerprint density at radius 1 is 1.03 bits per heavy atom. The molecule has 4 rings (SSSR count). The number of amides is 2. The van der Waals surface area contributed by atoms with Crippen LogP contribution in [0.4, 0.5) is 10.5 Å². The van der Waals surface area contributed by atoms with E-state index in [1.54, 1.807) is 0 Å². The Hall–Kier alpha value is -3.38. The summed E-state index contributed by atoms with van der Waals surface area (Å²) in [5.74, 6) is 0.00347. The van der Waals surface area contributed by atoms with Crippen LogP contribution in [-0.4, -0.2) is 29.2 Å². The summed E-state index contributed by atoms with van der Waals surface area (Å²) >= 11 is 0. The van der Waals surface area contributed by atoms with E-state index in [1.807, 2.05) is 66.7 Å². The molecule has 0 heterocycles. The average Bonchev–Trinajstić information content (AvgIpc) is 3.44. The molecule has 3 unspecified atom stereocenters. The summed E-state index contributed by atoms with van der Waals surface area (Å²) in [4.78, 5) is 24.1. The van der Waals surface area contributed by atoms with Gasteiger partial charge >= 0.3 is 6.09 Å². The maximum atomic E-state index is 12.8. The molecule has 148 valence electrons. The van der Waals surface area contributed by atoms with Gasteiger partial charge in [-0.05, 0) is 40.5 Å². The molecule has 0 radical (unpaired) electrons. The highest BCUT2D eigenvalue weighted by Gasteiger charge is 2.34. The Kier molecular flexibility index (Phi) is 5.18. The summed E-state index contributed by atoms with van der Waals surface area (Å²) in [5, 5.41) is 16.4. The minimum atomic E-state index is -1.23. The van der Waals surface area contributed by atoms with Crippen LogP contribution in [0.5, 0.6) is 0 Å². The van der Waals surface area contributed by atoms with Crippen molar-refractivity contribution < 1.29 is 14.7 Å². The minimum Gasteiger partial charge on any atom is -0.465 e. The normalized spacial score (nSPS) is 18.8. The number of rotatable bonds is 6. The summed E-state index contributed by atoms with van der Waals surface area (Å²) in [6, 6.07) is 20.5. The molecule has 2 amide bonds. The third-order valence-corrected chi connectivity index (χ3v) is 5.36. The van der Waals surface area contributed by atoms with E-state index in [9.17, 15) is 14.7 Å². The molecule has 6 nitrogen and oxygen atoms in total. The van der Waals surface area contributed by atoms with Crippen LogP contribution in [0.25, 0.3) is 10.8 Å². The van der Waals surface area contributed by atoms with Gasteiger partial charge in [0.1, 0.15) is 6.04 Å². The lowest BCUT2D eigenvalue weighted by molar-refractivity contribution is -0.118. The molecule has 6 heteroatoms. The van der Waals surface area contributed by atoms with Crippen molar-refractivity contribution in [1.29, 1.82) is 0 Å². The number of fused-ring (bicyclic) bond motifs is 1. The second kappa shape index (κ2) is 7.93. The Morgan fingerprint density at radius 3 is 2.41 bits per heavy atom. The summed E-state index contributed by atoms with van der Waals surface area (Å²) in [6.07, 6.45) is 0.0130. The SMILES string of the molecule is NC1CC1c1ccc(NC(=O)C(Cc2cccc3ccccc23)NC(=O)O)cc1. The van der Waals surface area contributed by atoms with E-state index < -0.39 is 18.0 Å². The summed E-state index contributed by atoms with van der Waals surface area (Å²) < 4.78 is 0. The monoisotopic (exact) mass is 389 g/mol. The van der Waals surface area contributed by atoms with Gasteiger partial charge in [0.25, 0.3) is 0 Å². The fourth-order valence-corrected chi connectivity index (χ4v) is 3.69. The molecule has 5 N–H and O–H groups in total. The molecule has 1 saturated carbocycles. The van der Waals surface area contributed by atoms with E-state index in [2.05, 4.69) is 10.6 Å². The van der Waals surface area contributed by atoms with Crippen LogP contribution in [0.3, 0.4) is 0 Å². The zero-order valence-corrected chi connectivity index (χ0v) is 15.8. The molecule has 1 fully saturated rings. The van der Waals surface area contributed by atoms with Crippen LogP contribution in [0.1, 0.15) is 23.5 Å². The molecule has 3 aromatic carbocycles. The first kappa shape index (κ1) is 19.0. The zero-order chi connectivity index (χ0) is 20.4. The van der Waals surface area contributed by atoms with Crippen molar-refractivity contribution in [3.63, 3.8) is 0 Å². The topological polar surface area (TPSA) is 104 Å². The number of benzene rings is 3. The Labute approximate surface area is 168 Å². The van der Waals surface area contributed by atoms with Crippen molar-refractivity contribution in [2.24, 2.45) is 5.73 Å². The van der Waals surface area contributed by atoms with Crippen molar-refractivity contribution in [2.45, 2.75) is 30.8 Å². The van der Waals surface area contributed by atoms with Gasteiger partial charge in [-0.3, -0.25) is 4.79 Å². The number of nitrogens with one attached hydrogen (secondary N) is 2. The molecular weight excluding hydrogens is 366 g/mol.